The molecule has 0 saturated heterocycles. The SMILES string of the molecule is N#Cc1cccc(OS(=O)(=O)c2ccc(C(=O)O)c(C(=O)O)c2)c1. The lowest BCUT2D eigenvalue weighted by Crippen LogP contribution is -2.14. The average Bonchev–Trinajstić information content (AvgIpc) is 2.53. The number of benzene rings is 2. The van der Waals surface area contributed by atoms with E-state index in [1.807, 2.05) is 6.07 Å². The summed E-state index contributed by atoms with van der Waals surface area (Å²) >= 11 is 0. The Hall–Kier alpha value is -3.38. The molecule has 2 rings (SSSR count). The number of rotatable bonds is 5. The summed E-state index contributed by atoms with van der Waals surface area (Å²) in [6.45, 7) is 0. The molecule has 0 spiro atoms. The van der Waals surface area contributed by atoms with Crippen molar-refractivity contribution < 1.29 is 32.4 Å². The van der Waals surface area contributed by atoms with E-state index >= 15 is 0 Å². The van der Waals surface area contributed by atoms with Crippen molar-refractivity contribution in [3.05, 3.63) is 59.2 Å². The summed E-state index contributed by atoms with van der Waals surface area (Å²) in [5.41, 5.74) is -1.05. The fourth-order valence-corrected chi connectivity index (χ4v) is 2.78. The summed E-state index contributed by atoms with van der Waals surface area (Å²) in [4.78, 5) is 21.6. The second kappa shape index (κ2) is 6.39. The van der Waals surface area contributed by atoms with Gasteiger partial charge in [0.25, 0.3) is 0 Å². The van der Waals surface area contributed by atoms with Crippen molar-refractivity contribution in [2.45, 2.75) is 4.90 Å². The Kier molecular flexibility index (Phi) is 4.52. The molecule has 9 heteroatoms. The Balaban J connectivity index is 2.46. The number of hydrogen-bond acceptors (Lipinski definition) is 6. The van der Waals surface area contributed by atoms with Crippen LogP contribution in [0.3, 0.4) is 0 Å². The molecule has 0 fully saturated rings. The van der Waals surface area contributed by atoms with Gasteiger partial charge in [-0.1, -0.05) is 6.07 Å². The van der Waals surface area contributed by atoms with Gasteiger partial charge in [-0.15, -0.1) is 0 Å². The van der Waals surface area contributed by atoms with Crippen molar-refractivity contribution in [1.82, 2.24) is 0 Å². The molecule has 0 heterocycles. The minimum Gasteiger partial charge on any atom is -0.478 e. The first-order valence-corrected chi connectivity index (χ1v) is 7.70. The zero-order chi connectivity index (χ0) is 17.9. The second-order valence-electron chi connectivity index (χ2n) is 4.49. The summed E-state index contributed by atoms with van der Waals surface area (Å²) in [5, 5.41) is 26.7. The van der Waals surface area contributed by atoms with Crippen LogP contribution in [0.1, 0.15) is 26.3 Å². The highest BCUT2D eigenvalue weighted by molar-refractivity contribution is 7.87. The van der Waals surface area contributed by atoms with E-state index in [1.165, 1.54) is 24.3 Å². The zero-order valence-electron chi connectivity index (χ0n) is 11.8. The van der Waals surface area contributed by atoms with Crippen molar-refractivity contribution in [2.24, 2.45) is 0 Å². The van der Waals surface area contributed by atoms with E-state index in [1.54, 1.807) is 0 Å². The standard InChI is InChI=1S/C15H9NO7S/c16-8-9-2-1-3-10(6-9)23-24(21,22)11-4-5-12(14(17)18)13(7-11)15(19)20/h1-7H,(H,17,18)(H,19,20). The van der Waals surface area contributed by atoms with Gasteiger partial charge in [0.15, 0.2) is 0 Å². The topological polar surface area (TPSA) is 142 Å². The first kappa shape index (κ1) is 17.0. The number of carbonyl (C=O) groups is 2. The first-order valence-electron chi connectivity index (χ1n) is 6.30. The van der Waals surface area contributed by atoms with E-state index in [4.69, 9.17) is 19.7 Å². The predicted octanol–water partition coefficient (Wildman–Crippen LogP) is 1.72. The van der Waals surface area contributed by atoms with Crippen molar-refractivity contribution >= 4 is 22.1 Å². The molecular weight excluding hydrogens is 338 g/mol. The highest BCUT2D eigenvalue weighted by Gasteiger charge is 2.23. The third kappa shape index (κ3) is 3.50. The van der Waals surface area contributed by atoms with Gasteiger partial charge in [0.05, 0.1) is 22.8 Å². The lowest BCUT2D eigenvalue weighted by Gasteiger charge is -2.09. The molecule has 0 radical (unpaired) electrons. The fourth-order valence-electron chi connectivity index (χ4n) is 1.83. The van der Waals surface area contributed by atoms with Crippen LogP contribution in [0.25, 0.3) is 0 Å². The summed E-state index contributed by atoms with van der Waals surface area (Å²) < 4.78 is 29.3. The highest BCUT2D eigenvalue weighted by Crippen LogP contribution is 2.22. The van der Waals surface area contributed by atoms with Crippen LogP contribution in [0.5, 0.6) is 5.75 Å². The third-order valence-electron chi connectivity index (χ3n) is 2.91. The smallest absolute Gasteiger partial charge is 0.339 e. The number of carboxylic acids is 2. The Morgan fingerprint density at radius 2 is 1.67 bits per heavy atom. The molecule has 0 aliphatic rings. The lowest BCUT2D eigenvalue weighted by atomic mass is 10.1. The van der Waals surface area contributed by atoms with Gasteiger partial charge in [0.1, 0.15) is 10.6 Å². The molecule has 0 atom stereocenters. The van der Waals surface area contributed by atoms with Crippen molar-refractivity contribution in [2.75, 3.05) is 0 Å². The molecular formula is C15H9NO7S. The Labute approximate surface area is 136 Å². The minimum atomic E-state index is -4.40. The van der Waals surface area contributed by atoms with E-state index in [2.05, 4.69) is 0 Å². The molecule has 2 aromatic carbocycles. The molecule has 0 aromatic heterocycles. The van der Waals surface area contributed by atoms with E-state index in [-0.39, 0.29) is 11.3 Å². The predicted molar refractivity (Wildman–Crippen MR) is 79.3 cm³/mol. The Morgan fingerprint density at radius 1 is 1.00 bits per heavy atom. The molecule has 0 unspecified atom stereocenters. The summed E-state index contributed by atoms with van der Waals surface area (Å²) in [6.07, 6.45) is 0. The minimum absolute atomic E-state index is 0.131. The summed E-state index contributed by atoms with van der Waals surface area (Å²) in [5.74, 6) is -3.22. The number of nitrogens with zero attached hydrogens (tertiary/aromatic N) is 1. The average molecular weight is 347 g/mol. The number of carboxylic acid groups (broad SMARTS) is 2. The van der Waals surface area contributed by atoms with Gasteiger partial charge in [-0.3, -0.25) is 0 Å². The van der Waals surface area contributed by atoms with Crippen LogP contribution in [-0.4, -0.2) is 30.6 Å². The molecule has 122 valence electrons. The zero-order valence-corrected chi connectivity index (χ0v) is 12.6. The van der Waals surface area contributed by atoms with Crippen LogP contribution >= 0.6 is 0 Å². The lowest BCUT2D eigenvalue weighted by molar-refractivity contribution is 0.0651. The Morgan fingerprint density at radius 3 is 2.25 bits per heavy atom. The maximum atomic E-state index is 12.2. The second-order valence-corrected chi connectivity index (χ2v) is 6.04. The molecule has 0 aliphatic carbocycles. The van der Waals surface area contributed by atoms with E-state index in [9.17, 15) is 18.0 Å². The molecule has 0 aliphatic heterocycles. The van der Waals surface area contributed by atoms with Gasteiger partial charge in [-0.2, -0.15) is 13.7 Å². The maximum Gasteiger partial charge on any atom is 0.339 e. The van der Waals surface area contributed by atoms with Crippen LogP contribution in [-0.2, 0) is 10.1 Å². The Bertz CT molecular complexity index is 974. The monoisotopic (exact) mass is 347 g/mol. The highest BCUT2D eigenvalue weighted by atomic mass is 32.2. The van der Waals surface area contributed by atoms with E-state index in [0.717, 1.165) is 12.1 Å². The van der Waals surface area contributed by atoms with Crippen molar-refractivity contribution in [3.8, 4) is 11.8 Å². The molecule has 2 aromatic rings. The van der Waals surface area contributed by atoms with Crippen LogP contribution < -0.4 is 4.18 Å². The molecule has 0 amide bonds. The molecule has 2 N–H and O–H groups in total. The van der Waals surface area contributed by atoms with Crippen LogP contribution in [0, 0.1) is 11.3 Å². The largest absolute Gasteiger partial charge is 0.478 e. The van der Waals surface area contributed by atoms with Crippen molar-refractivity contribution in [1.29, 1.82) is 5.26 Å². The number of aromatic carboxylic acids is 2. The molecule has 0 saturated carbocycles. The first-order chi connectivity index (χ1) is 11.2. The van der Waals surface area contributed by atoms with Gasteiger partial charge < -0.3 is 14.4 Å². The van der Waals surface area contributed by atoms with Gasteiger partial charge >= 0.3 is 22.1 Å². The van der Waals surface area contributed by atoms with Crippen LogP contribution in [0.15, 0.2) is 47.4 Å². The van der Waals surface area contributed by atoms with Gasteiger partial charge in [0.2, 0.25) is 0 Å². The van der Waals surface area contributed by atoms with E-state index in [0.29, 0.717) is 6.07 Å². The van der Waals surface area contributed by atoms with Crippen LogP contribution in [0.4, 0.5) is 0 Å². The van der Waals surface area contributed by atoms with Gasteiger partial charge in [0, 0.05) is 0 Å². The third-order valence-corrected chi connectivity index (χ3v) is 4.15. The van der Waals surface area contributed by atoms with Crippen molar-refractivity contribution in [3.63, 3.8) is 0 Å². The van der Waals surface area contributed by atoms with E-state index < -0.39 is 38.1 Å². The van der Waals surface area contributed by atoms with Gasteiger partial charge in [-0.25, -0.2) is 9.59 Å². The normalized spacial score (nSPS) is 10.6. The summed E-state index contributed by atoms with van der Waals surface area (Å²) in [6, 6.07) is 9.69. The molecule has 24 heavy (non-hydrogen) atoms. The van der Waals surface area contributed by atoms with Crippen LogP contribution in [0.2, 0.25) is 0 Å². The number of nitriles is 1. The quantitative estimate of drug-likeness (QED) is 0.779. The molecule has 8 nitrogen and oxygen atoms in total. The maximum absolute atomic E-state index is 12.2. The molecule has 0 bridgehead atoms. The number of hydrogen-bond donors (Lipinski definition) is 2. The van der Waals surface area contributed by atoms with Gasteiger partial charge in [-0.05, 0) is 36.4 Å². The fraction of sp³-hybridized carbons (Fsp3) is 0. The summed E-state index contributed by atoms with van der Waals surface area (Å²) in [7, 11) is -4.40.